The van der Waals surface area contributed by atoms with Gasteiger partial charge in [0.05, 0.1) is 82.8 Å². The fraction of sp³-hybridized carbons (Fsp3) is 0.759. The van der Waals surface area contributed by atoms with E-state index in [1.54, 1.807) is 20.8 Å². The number of nitrogens with zero attached hydrogens (tertiary/aromatic N) is 1. The zero-order chi connectivity index (χ0) is 56.5. The molecule has 2 N–H and O–H groups in total. The molecule has 74 heavy (non-hydrogen) atoms. The SMILES string of the molecule is C=C(C)C(=C)OCCOC(=O)C[N+](C)(CCCS(OCC)(OCC)OCC)CCC(=O)OCCCCCCOC(=O)CCCC.C=C(C)C(=O)OCCOC(=O)CCCC/C=C\CCS(O)(CC)OCC.CCO. The number of rotatable bonds is 45. The Morgan fingerprint density at radius 3 is 1.49 bits per heavy atom. The molecule has 0 saturated heterocycles. The molecule has 20 heteroatoms. The molecular weight excluding hydrogens is 999 g/mol. The number of esters is 5. The molecule has 0 bridgehead atoms. The van der Waals surface area contributed by atoms with Crippen LogP contribution in [-0.4, -0.2) is 161 Å². The minimum absolute atomic E-state index is 0.0496. The Kier molecular flexibility index (Phi) is 49.6. The van der Waals surface area contributed by atoms with Gasteiger partial charge in [0.25, 0.3) is 0 Å². The van der Waals surface area contributed by atoms with Crippen LogP contribution in [0.3, 0.4) is 0 Å². The van der Waals surface area contributed by atoms with E-state index in [4.69, 9.17) is 50.3 Å². The minimum atomic E-state index is -2.17. The summed E-state index contributed by atoms with van der Waals surface area (Å²) in [6, 6.07) is 0. The van der Waals surface area contributed by atoms with Crippen molar-refractivity contribution in [3.05, 3.63) is 48.8 Å². The lowest BCUT2D eigenvalue weighted by atomic mass is 10.2. The monoisotopic (exact) mass is 1100 g/mol. The number of ether oxygens (including phenoxy) is 6. The fourth-order valence-electron chi connectivity index (χ4n) is 6.28. The largest absolute Gasteiger partial charge is 0.490 e. The number of aliphatic hydroxyl groups excluding tert-OH is 1. The van der Waals surface area contributed by atoms with Crippen LogP contribution in [0.4, 0.5) is 0 Å². The number of likely N-dealkylation sites (N-methyl/N-ethyl adjacent to an activating group) is 1. The Labute approximate surface area is 450 Å². The van der Waals surface area contributed by atoms with Gasteiger partial charge < -0.3 is 38.0 Å². The van der Waals surface area contributed by atoms with Gasteiger partial charge in [-0.25, -0.2) is 9.59 Å². The average molecular weight is 1100 g/mol. The van der Waals surface area contributed by atoms with E-state index in [9.17, 15) is 28.5 Å². The fourth-order valence-corrected chi connectivity index (χ4v) is 9.91. The molecule has 0 fully saturated rings. The van der Waals surface area contributed by atoms with Gasteiger partial charge in [-0.05, 0) is 119 Å². The summed E-state index contributed by atoms with van der Waals surface area (Å²) < 4.78 is 65.1. The van der Waals surface area contributed by atoms with Gasteiger partial charge in [0.1, 0.15) is 32.2 Å². The third-order valence-electron chi connectivity index (χ3n) is 10.2. The van der Waals surface area contributed by atoms with Crippen LogP contribution < -0.4 is 0 Å². The van der Waals surface area contributed by atoms with Crippen molar-refractivity contribution in [1.82, 2.24) is 0 Å². The van der Waals surface area contributed by atoms with E-state index in [0.29, 0.717) is 106 Å². The van der Waals surface area contributed by atoms with Crippen LogP contribution in [-0.2, 0) is 69.1 Å². The maximum absolute atomic E-state index is 12.8. The standard InChI is InChI=1S/C33H62NO10S.C19H34O6S.C2H6O/c1-9-13-19-31(35)39-23-16-14-15-17-24-40-32(36)20-22-34(8,28-33(37)41-26-25-38-30(7)29(5)6)21-18-27-45(42-10-2,43-11-3)44-12-4;1-5-25-26(22,6-2)16-12-10-8-7-9-11-13-18(20)23-14-15-24-19(21)17(3)4;1-2-3/h5,7,9-28H2,1-4,6,8H3;8,10,22H,3,5-7,9,11-16H2,1-2,4H3;3H,2H2,1H3/q+1;;/b;10-8-;. The van der Waals surface area contributed by atoms with E-state index in [-0.39, 0.29) is 74.4 Å². The van der Waals surface area contributed by atoms with Gasteiger partial charge in [-0.1, -0.05) is 45.2 Å². The average Bonchev–Trinajstić information content (AvgIpc) is 3.35. The van der Waals surface area contributed by atoms with Gasteiger partial charge in [0, 0.05) is 42.9 Å². The molecular formula is C54H102NO17S2+. The summed E-state index contributed by atoms with van der Waals surface area (Å²) in [7, 11) is -2.14. The normalized spacial score (nSPS) is 13.3. The molecule has 0 aliphatic heterocycles. The van der Waals surface area contributed by atoms with Gasteiger partial charge in [0.2, 0.25) is 0 Å². The van der Waals surface area contributed by atoms with Gasteiger partial charge in [0.15, 0.2) is 6.54 Å². The highest BCUT2D eigenvalue weighted by Crippen LogP contribution is 2.52. The van der Waals surface area contributed by atoms with E-state index in [1.165, 1.54) is 0 Å². The highest BCUT2D eigenvalue weighted by atomic mass is 32.3. The molecule has 0 aromatic rings. The Morgan fingerprint density at radius 1 is 0.514 bits per heavy atom. The van der Waals surface area contributed by atoms with Gasteiger partial charge >= 0.3 is 29.8 Å². The summed E-state index contributed by atoms with van der Waals surface area (Å²) in [5.41, 5.74) is 1.03. The molecule has 2 atom stereocenters. The third kappa shape index (κ3) is 44.8. The first kappa shape index (κ1) is 74.8. The molecule has 0 aromatic carbocycles. The van der Waals surface area contributed by atoms with Crippen LogP contribution in [0.1, 0.15) is 152 Å². The molecule has 0 saturated carbocycles. The zero-order valence-electron chi connectivity index (χ0n) is 47.5. The van der Waals surface area contributed by atoms with Crippen molar-refractivity contribution < 1.29 is 83.3 Å². The van der Waals surface area contributed by atoms with Crippen molar-refractivity contribution in [3.63, 3.8) is 0 Å². The summed E-state index contributed by atoms with van der Waals surface area (Å²) in [6.07, 6.45) is 14.3. The first-order valence-corrected chi connectivity index (χ1v) is 30.1. The topological polar surface area (TPSA) is 218 Å². The third-order valence-corrected chi connectivity index (χ3v) is 15.3. The number of aliphatic hydroxyl groups is 1. The van der Waals surface area contributed by atoms with Crippen molar-refractivity contribution in [1.29, 1.82) is 0 Å². The lowest BCUT2D eigenvalue weighted by Gasteiger charge is -2.38. The summed E-state index contributed by atoms with van der Waals surface area (Å²) in [4.78, 5) is 59.6. The summed E-state index contributed by atoms with van der Waals surface area (Å²) in [5.74, 6) is 0.733. The van der Waals surface area contributed by atoms with Crippen LogP contribution in [0.15, 0.2) is 48.8 Å². The van der Waals surface area contributed by atoms with Gasteiger partial charge in [-0.2, -0.15) is 10.6 Å². The maximum atomic E-state index is 12.8. The molecule has 436 valence electrons. The quantitative estimate of drug-likeness (QED) is 0.00847. The first-order chi connectivity index (χ1) is 35.2. The number of carbonyl (C=O) groups is 5. The molecule has 0 spiro atoms. The van der Waals surface area contributed by atoms with Gasteiger partial charge in [-0.3, -0.25) is 35.7 Å². The number of allylic oxidation sites excluding steroid dienone is 3. The van der Waals surface area contributed by atoms with Crippen LogP contribution in [0.2, 0.25) is 0 Å². The van der Waals surface area contributed by atoms with E-state index in [1.807, 2.05) is 48.6 Å². The lowest BCUT2D eigenvalue weighted by Crippen LogP contribution is -2.50. The van der Waals surface area contributed by atoms with Crippen molar-refractivity contribution in [2.45, 2.75) is 152 Å². The highest BCUT2D eigenvalue weighted by Gasteiger charge is 2.31. The molecule has 0 aromatic heterocycles. The molecule has 0 rings (SSSR count). The van der Waals surface area contributed by atoms with E-state index < -0.39 is 27.4 Å². The summed E-state index contributed by atoms with van der Waals surface area (Å²) >= 11 is 0. The van der Waals surface area contributed by atoms with Crippen molar-refractivity contribution >= 4 is 51.3 Å². The van der Waals surface area contributed by atoms with Crippen LogP contribution in [0.5, 0.6) is 0 Å². The van der Waals surface area contributed by atoms with Crippen LogP contribution in [0.25, 0.3) is 0 Å². The predicted molar refractivity (Wildman–Crippen MR) is 297 cm³/mol. The molecule has 0 heterocycles. The zero-order valence-corrected chi connectivity index (χ0v) is 49.1. The van der Waals surface area contributed by atoms with Crippen LogP contribution >= 0.6 is 21.5 Å². The number of carbonyl (C=O) groups excluding carboxylic acids is 5. The maximum Gasteiger partial charge on any atom is 0.361 e. The minimum Gasteiger partial charge on any atom is -0.490 e. The second-order valence-electron chi connectivity index (χ2n) is 17.2. The van der Waals surface area contributed by atoms with E-state index in [2.05, 4.69) is 31.9 Å². The Morgan fingerprint density at radius 2 is 0.986 bits per heavy atom. The first-order valence-electron chi connectivity index (χ1n) is 26.6. The lowest BCUT2D eigenvalue weighted by molar-refractivity contribution is -0.902. The molecule has 0 radical (unpaired) electrons. The second kappa shape index (κ2) is 49.1. The van der Waals surface area contributed by atoms with Crippen molar-refractivity contribution in [2.24, 2.45) is 0 Å². The Balaban J connectivity index is -0.00000147. The summed E-state index contributed by atoms with van der Waals surface area (Å²) in [5, 5.41) is 7.57. The number of unbranched alkanes of at least 4 members (excludes halogenated alkanes) is 6. The predicted octanol–water partition coefficient (Wildman–Crippen LogP) is 10.8. The molecule has 2 unspecified atom stereocenters. The van der Waals surface area contributed by atoms with E-state index in [0.717, 1.165) is 64.2 Å². The number of hydrogen-bond donors (Lipinski definition) is 2. The molecule has 18 nitrogen and oxygen atoms in total. The van der Waals surface area contributed by atoms with Crippen molar-refractivity contribution in [2.75, 3.05) is 117 Å². The van der Waals surface area contributed by atoms with Gasteiger partial charge in [-0.15, -0.1) is 0 Å². The summed E-state index contributed by atoms with van der Waals surface area (Å²) in [6.45, 7) is 32.0. The van der Waals surface area contributed by atoms with Crippen LogP contribution in [0, 0.1) is 0 Å². The second-order valence-corrected chi connectivity index (χ2v) is 22.2. The van der Waals surface area contributed by atoms with Crippen molar-refractivity contribution in [3.8, 4) is 0 Å². The molecule has 0 aliphatic rings. The Hall–Kier alpha value is -3.47. The molecule has 0 aliphatic carbocycles. The molecule has 0 amide bonds. The number of hydrogen-bond acceptors (Lipinski definition) is 17. The Bertz CT molecular complexity index is 1550. The smallest absolute Gasteiger partial charge is 0.361 e. The van der Waals surface area contributed by atoms with E-state index >= 15 is 0 Å². The number of quaternary nitrogens is 1. The highest BCUT2D eigenvalue weighted by molar-refractivity contribution is 8.25.